The van der Waals surface area contributed by atoms with Crippen LogP contribution in [-0.4, -0.2) is 31.1 Å². The second-order valence-corrected chi connectivity index (χ2v) is 4.40. The predicted molar refractivity (Wildman–Crippen MR) is 63.9 cm³/mol. The molecule has 82 valence electrons. The zero-order valence-electron chi connectivity index (χ0n) is 9.66. The zero-order valence-corrected chi connectivity index (χ0v) is 9.66. The van der Waals surface area contributed by atoms with Crippen LogP contribution < -0.4 is 5.32 Å². The minimum absolute atomic E-state index is 0.161. The highest BCUT2D eigenvalue weighted by Crippen LogP contribution is 2.28. The van der Waals surface area contributed by atoms with Crippen molar-refractivity contribution in [2.24, 2.45) is 0 Å². The summed E-state index contributed by atoms with van der Waals surface area (Å²) in [5.41, 5.74) is 1.58. The van der Waals surface area contributed by atoms with Crippen LogP contribution in [0, 0.1) is 0 Å². The van der Waals surface area contributed by atoms with E-state index in [0.717, 1.165) is 26.2 Å². The van der Waals surface area contributed by atoms with Gasteiger partial charge in [-0.25, -0.2) is 0 Å². The van der Waals surface area contributed by atoms with Crippen LogP contribution in [-0.2, 0) is 5.54 Å². The molecule has 1 aromatic carbocycles. The van der Waals surface area contributed by atoms with Crippen molar-refractivity contribution >= 4 is 0 Å². The van der Waals surface area contributed by atoms with Crippen LogP contribution in [0.4, 0.5) is 0 Å². The van der Waals surface area contributed by atoms with Crippen LogP contribution in [0.25, 0.3) is 0 Å². The van der Waals surface area contributed by atoms with Crippen LogP contribution in [0.3, 0.4) is 0 Å². The average Bonchev–Trinajstić information content (AvgIpc) is 2.31. The molecule has 0 spiro atoms. The Hall–Kier alpha value is -0.860. The zero-order chi connectivity index (χ0) is 10.7. The van der Waals surface area contributed by atoms with Crippen molar-refractivity contribution in [1.29, 1.82) is 0 Å². The summed E-state index contributed by atoms with van der Waals surface area (Å²) < 4.78 is 0. The van der Waals surface area contributed by atoms with Gasteiger partial charge in [-0.05, 0) is 19.0 Å². The molecular weight excluding hydrogens is 184 g/mol. The van der Waals surface area contributed by atoms with Crippen molar-refractivity contribution < 1.29 is 0 Å². The van der Waals surface area contributed by atoms with Crippen LogP contribution in [0.1, 0.15) is 19.4 Å². The molecule has 1 unspecified atom stereocenters. The fourth-order valence-corrected chi connectivity index (χ4v) is 2.49. The fraction of sp³-hybridized carbons (Fsp3) is 0.538. The molecule has 0 radical (unpaired) electrons. The summed E-state index contributed by atoms with van der Waals surface area (Å²) in [6.07, 6.45) is 0. The SMILES string of the molecule is CCN1CCNCC1(C)c1ccccc1. The molecule has 1 heterocycles. The average molecular weight is 204 g/mol. The first-order valence-corrected chi connectivity index (χ1v) is 5.78. The van der Waals surface area contributed by atoms with E-state index in [1.165, 1.54) is 5.56 Å². The van der Waals surface area contributed by atoms with Gasteiger partial charge in [0.1, 0.15) is 0 Å². The van der Waals surface area contributed by atoms with Gasteiger partial charge in [0.2, 0.25) is 0 Å². The lowest BCUT2D eigenvalue weighted by molar-refractivity contribution is 0.0793. The van der Waals surface area contributed by atoms with Crippen molar-refractivity contribution in [2.75, 3.05) is 26.2 Å². The molecule has 1 aliphatic heterocycles. The molecule has 2 nitrogen and oxygen atoms in total. The van der Waals surface area contributed by atoms with Gasteiger partial charge in [0.15, 0.2) is 0 Å². The number of nitrogens with one attached hydrogen (secondary N) is 1. The van der Waals surface area contributed by atoms with Crippen LogP contribution in [0.15, 0.2) is 30.3 Å². The van der Waals surface area contributed by atoms with Crippen LogP contribution in [0.2, 0.25) is 0 Å². The monoisotopic (exact) mass is 204 g/mol. The standard InChI is InChI=1S/C13H20N2/c1-3-15-10-9-14-11-13(15,2)12-7-5-4-6-8-12/h4-8,14H,3,9-11H2,1-2H3. The summed E-state index contributed by atoms with van der Waals surface area (Å²) in [7, 11) is 0. The Morgan fingerprint density at radius 3 is 2.73 bits per heavy atom. The van der Waals surface area contributed by atoms with Gasteiger partial charge in [0.25, 0.3) is 0 Å². The number of hydrogen-bond donors (Lipinski definition) is 1. The molecule has 1 fully saturated rings. The van der Waals surface area contributed by atoms with E-state index in [0.29, 0.717) is 0 Å². The molecule has 1 atom stereocenters. The van der Waals surface area contributed by atoms with E-state index in [1.807, 2.05) is 0 Å². The minimum atomic E-state index is 0.161. The molecule has 1 aromatic rings. The van der Waals surface area contributed by atoms with Gasteiger partial charge in [-0.3, -0.25) is 4.90 Å². The molecule has 1 aliphatic rings. The predicted octanol–water partition coefficient (Wildman–Crippen LogP) is 1.83. The van der Waals surface area contributed by atoms with Gasteiger partial charge in [-0.15, -0.1) is 0 Å². The number of piperazine rings is 1. The Kier molecular flexibility index (Phi) is 3.08. The quantitative estimate of drug-likeness (QED) is 0.790. The molecule has 0 amide bonds. The highest BCUT2D eigenvalue weighted by Gasteiger charge is 2.34. The minimum Gasteiger partial charge on any atom is -0.313 e. The van der Waals surface area contributed by atoms with Crippen molar-refractivity contribution in [3.63, 3.8) is 0 Å². The van der Waals surface area contributed by atoms with Crippen molar-refractivity contribution in [2.45, 2.75) is 19.4 Å². The second kappa shape index (κ2) is 4.33. The summed E-state index contributed by atoms with van der Waals surface area (Å²) in [6, 6.07) is 10.8. The molecule has 0 aromatic heterocycles. The number of rotatable bonds is 2. The normalized spacial score (nSPS) is 27.9. The van der Waals surface area contributed by atoms with E-state index in [-0.39, 0.29) is 5.54 Å². The smallest absolute Gasteiger partial charge is 0.0557 e. The molecule has 1 saturated heterocycles. The lowest BCUT2D eigenvalue weighted by Gasteiger charge is -2.45. The molecule has 0 bridgehead atoms. The maximum atomic E-state index is 3.50. The molecule has 1 N–H and O–H groups in total. The van der Waals surface area contributed by atoms with Crippen molar-refractivity contribution in [1.82, 2.24) is 10.2 Å². The Labute approximate surface area is 92.3 Å². The van der Waals surface area contributed by atoms with Crippen molar-refractivity contribution in [3.05, 3.63) is 35.9 Å². The first-order valence-electron chi connectivity index (χ1n) is 5.78. The highest BCUT2D eigenvalue weighted by atomic mass is 15.2. The van der Waals surface area contributed by atoms with E-state index in [2.05, 4.69) is 54.4 Å². The number of benzene rings is 1. The Bertz CT molecular complexity index is 310. The van der Waals surface area contributed by atoms with E-state index < -0.39 is 0 Å². The first kappa shape index (κ1) is 10.7. The van der Waals surface area contributed by atoms with E-state index in [1.54, 1.807) is 0 Å². The maximum absolute atomic E-state index is 3.50. The Balaban J connectivity index is 2.30. The summed E-state index contributed by atoms with van der Waals surface area (Å²) in [5, 5.41) is 3.50. The Morgan fingerprint density at radius 2 is 2.07 bits per heavy atom. The van der Waals surface area contributed by atoms with Gasteiger partial charge >= 0.3 is 0 Å². The number of nitrogens with zero attached hydrogens (tertiary/aromatic N) is 1. The van der Waals surface area contributed by atoms with E-state index >= 15 is 0 Å². The van der Waals surface area contributed by atoms with Gasteiger partial charge < -0.3 is 5.32 Å². The summed E-state index contributed by atoms with van der Waals surface area (Å²) in [6.45, 7) is 8.99. The summed E-state index contributed by atoms with van der Waals surface area (Å²) >= 11 is 0. The van der Waals surface area contributed by atoms with Crippen LogP contribution >= 0.6 is 0 Å². The van der Waals surface area contributed by atoms with Gasteiger partial charge in [0, 0.05) is 19.6 Å². The fourth-order valence-electron chi connectivity index (χ4n) is 2.49. The third-order valence-electron chi connectivity index (χ3n) is 3.50. The Morgan fingerprint density at radius 1 is 1.33 bits per heavy atom. The third-order valence-corrected chi connectivity index (χ3v) is 3.50. The highest BCUT2D eigenvalue weighted by molar-refractivity contribution is 5.25. The van der Waals surface area contributed by atoms with Gasteiger partial charge in [-0.2, -0.15) is 0 Å². The molecule has 15 heavy (non-hydrogen) atoms. The molecule has 0 saturated carbocycles. The molecule has 2 rings (SSSR count). The summed E-state index contributed by atoms with van der Waals surface area (Å²) in [4.78, 5) is 2.55. The van der Waals surface area contributed by atoms with Gasteiger partial charge in [0.05, 0.1) is 5.54 Å². The summed E-state index contributed by atoms with van der Waals surface area (Å²) in [5.74, 6) is 0. The first-order chi connectivity index (χ1) is 7.27. The van der Waals surface area contributed by atoms with E-state index in [4.69, 9.17) is 0 Å². The molecule has 0 aliphatic carbocycles. The van der Waals surface area contributed by atoms with Gasteiger partial charge in [-0.1, -0.05) is 37.3 Å². The number of hydrogen-bond acceptors (Lipinski definition) is 2. The largest absolute Gasteiger partial charge is 0.313 e. The third kappa shape index (κ3) is 1.92. The number of likely N-dealkylation sites (N-methyl/N-ethyl adjacent to an activating group) is 1. The maximum Gasteiger partial charge on any atom is 0.0557 e. The van der Waals surface area contributed by atoms with E-state index in [9.17, 15) is 0 Å². The molecule has 2 heteroatoms. The lowest BCUT2D eigenvalue weighted by atomic mass is 9.88. The second-order valence-electron chi connectivity index (χ2n) is 4.40. The molecular formula is C13H20N2. The van der Waals surface area contributed by atoms with Crippen molar-refractivity contribution in [3.8, 4) is 0 Å². The lowest BCUT2D eigenvalue weighted by Crippen LogP contribution is -2.57. The van der Waals surface area contributed by atoms with Crippen LogP contribution in [0.5, 0.6) is 0 Å². The topological polar surface area (TPSA) is 15.3 Å².